The topological polar surface area (TPSA) is 55.4 Å². The highest BCUT2D eigenvalue weighted by Gasteiger charge is 2.06. The maximum Gasteiger partial charge on any atom is 0.306 e. The van der Waals surface area contributed by atoms with Crippen LogP contribution in [-0.4, -0.2) is 19.0 Å². The van der Waals surface area contributed by atoms with Crippen LogP contribution in [0.4, 0.5) is 5.69 Å². The van der Waals surface area contributed by atoms with Gasteiger partial charge in [-0.05, 0) is 30.5 Å². The van der Waals surface area contributed by atoms with Crippen molar-refractivity contribution in [2.24, 2.45) is 0 Å². The van der Waals surface area contributed by atoms with Crippen molar-refractivity contribution in [3.63, 3.8) is 0 Å². The molecule has 0 bridgehead atoms. The average molecular weight is 263 g/mol. The summed E-state index contributed by atoms with van der Waals surface area (Å²) in [4.78, 5) is 22.5. The summed E-state index contributed by atoms with van der Waals surface area (Å²) in [5.74, 6) is -0.545. The first-order chi connectivity index (χ1) is 9.15. The van der Waals surface area contributed by atoms with Gasteiger partial charge in [-0.15, -0.1) is 0 Å². The minimum Gasteiger partial charge on any atom is -0.469 e. The Morgan fingerprint density at radius 1 is 1.16 bits per heavy atom. The number of nitrogens with one attached hydrogen (secondary N) is 1. The molecule has 1 aromatic rings. The van der Waals surface area contributed by atoms with E-state index in [1.54, 1.807) is 0 Å². The highest BCUT2D eigenvalue weighted by molar-refractivity contribution is 5.92. The van der Waals surface area contributed by atoms with Crippen molar-refractivity contribution < 1.29 is 14.3 Å². The quantitative estimate of drug-likeness (QED) is 0.769. The zero-order chi connectivity index (χ0) is 14.1. The van der Waals surface area contributed by atoms with Crippen LogP contribution >= 0.6 is 0 Å². The number of esters is 1. The number of carbonyl (C=O) groups is 2. The van der Waals surface area contributed by atoms with E-state index < -0.39 is 0 Å². The van der Waals surface area contributed by atoms with Gasteiger partial charge in [0.25, 0.3) is 0 Å². The summed E-state index contributed by atoms with van der Waals surface area (Å²) < 4.78 is 4.49. The Morgan fingerprint density at radius 3 is 2.42 bits per heavy atom. The van der Waals surface area contributed by atoms with Gasteiger partial charge in [-0.2, -0.15) is 0 Å². The van der Waals surface area contributed by atoms with E-state index in [9.17, 15) is 9.59 Å². The van der Waals surface area contributed by atoms with Crippen molar-refractivity contribution in [2.45, 2.75) is 39.0 Å². The Labute approximate surface area is 114 Å². The van der Waals surface area contributed by atoms with E-state index in [1.807, 2.05) is 24.3 Å². The van der Waals surface area contributed by atoms with E-state index in [4.69, 9.17) is 0 Å². The van der Waals surface area contributed by atoms with Crippen molar-refractivity contribution in [2.75, 3.05) is 12.4 Å². The van der Waals surface area contributed by atoms with Crippen molar-refractivity contribution in [1.82, 2.24) is 0 Å². The zero-order valence-corrected chi connectivity index (χ0v) is 11.6. The first-order valence-electron chi connectivity index (χ1n) is 6.61. The lowest BCUT2D eigenvalue weighted by Gasteiger charge is -2.06. The number of amides is 1. The van der Waals surface area contributed by atoms with E-state index in [0.717, 1.165) is 12.1 Å². The lowest BCUT2D eigenvalue weighted by molar-refractivity contribution is -0.141. The third-order valence-corrected chi connectivity index (χ3v) is 2.84. The Kier molecular flexibility index (Phi) is 6.64. The number of unbranched alkanes of at least 4 members (excludes halogenated alkanes) is 1. The van der Waals surface area contributed by atoms with E-state index in [0.29, 0.717) is 0 Å². The monoisotopic (exact) mass is 263 g/mol. The SMILES string of the molecule is CCCCc1ccc(NC(=O)CCC(=O)OC)cc1. The van der Waals surface area contributed by atoms with Crippen LogP contribution in [0.25, 0.3) is 0 Å². The predicted octanol–water partition coefficient (Wildman–Crippen LogP) is 2.92. The van der Waals surface area contributed by atoms with Crippen LogP contribution in [0.15, 0.2) is 24.3 Å². The summed E-state index contributed by atoms with van der Waals surface area (Å²) in [5, 5.41) is 2.76. The van der Waals surface area contributed by atoms with Crippen molar-refractivity contribution in [1.29, 1.82) is 0 Å². The first kappa shape index (κ1) is 15.2. The number of hydrogen-bond donors (Lipinski definition) is 1. The van der Waals surface area contributed by atoms with Gasteiger partial charge in [-0.3, -0.25) is 9.59 Å². The molecular weight excluding hydrogens is 242 g/mol. The molecule has 0 atom stereocenters. The lowest BCUT2D eigenvalue weighted by Crippen LogP contribution is -2.13. The fourth-order valence-electron chi connectivity index (χ4n) is 1.68. The second kappa shape index (κ2) is 8.29. The molecule has 0 aliphatic heterocycles. The van der Waals surface area contributed by atoms with Crippen molar-refractivity contribution in [3.05, 3.63) is 29.8 Å². The van der Waals surface area contributed by atoms with E-state index in [-0.39, 0.29) is 24.7 Å². The second-order valence-electron chi connectivity index (χ2n) is 4.42. The highest BCUT2D eigenvalue weighted by atomic mass is 16.5. The number of rotatable bonds is 7. The van der Waals surface area contributed by atoms with Gasteiger partial charge in [0.1, 0.15) is 0 Å². The molecule has 0 fully saturated rings. The van der Waals surface area contributed by atoms with E-state index in [1.165, 1.54) is 25.5 Å². The fraction of sp³-hybridized carbons (Fsp3) is 0.467. The molecule has 4 nitrogen and oxygen atoms in total. The number of carbonyl (C=O) groups excluding carboxylic acids is 2. The molecule has 1 N–H and O–H groups in total. The van der Waals surface area contributed by atoms with Crippen molar-refractivity contribution >= 4 is 17.6 Å². The molecule has 0 heterocycles. The molecule has 0 saturated heterocycles. The zero-order valence-electron chi connectivity index (χ0n) is 11.6. The molecule has 19 heavy (non-hydrogen) atoms. The van der Waals surface area contributed by atoms with Crippen molar-refractivity contribution in [3.8, 4) is 0 Å². The van der Waals surface area contributed by atoms with Gasteiger partial charge in [0.05, 0.1) is 13.5 Å². The average Bonchev–Trinajstić information content (AvgIpc) is 2.44. The van der Waals surface area contributed by atoms with Crippen LogP contribution in [0.1, 0.15) is 38.2 Å². The molecule has 0 unspecified atom stereocenters. The van der Waals surface area contributed by atoms with Gasteiger partial charge in [0.15, 0.2) is 0 Å². The fourth-order valence-corrected chi connectivity index (χ4v) is 1.68. The molecule has 0 aliphatic carbocycles. The molecule has 1 rings (SSSR count). The molecule has 0 radical (unpaired) electrons. The maximum absolute atomic E-state index is 11.6. The molecular formula is C15H21NO3. The normalized spacial score (nSPS) is 10.0. The first-order valence-corrected chi connectivity index (χ1v) is 6.61. The molecule has 1 aromatic carbocycles. The Morgan fingerprint density at radius 2 is 1.84 bits per heavy atom. The van der Waals surface area contributed by atoms with E-state index in [2.05, 4.69) is 17.0 Å². The Bertz CT molecular complexity index is 412. The largest absolute Gasteiger partial charge is 0.469 e. The molecule has 4 heteroatoms. The van der Waals surface area contributed by atoms with Crippen LogP contribution in [0, 0.1) is 0 Å². The Balaban J connectivity index is 2.40. The summed E-state index contributed by atoms with van der Waals surface area (Å²) in [6.45, 7) is 2.16. The Hall–Kier alpha value is -1.84. The molecule has 0 aliphatic rings. The highest BCUT2D eigenvalue weighted by Crippen LogP contribution is 2.12. The summed E-state index contributed by atoms with van der Waals surface area (Å²) in [6, 6.07) is 7.82. The molecule has 0 spiro atoms. The number of ether oxygens (including phenoxy) is 1. The van der Waals surface area contributed by atoms with Gasteiger partial charge in [-0.1, -0.05) is 25.5 Å². The number of hydrogen-bond acceptors (Lipinski definition) is 3. The van der Waals surface area contributed by atoms with Crippen LogP contribution in [0.2, 0.25) is 0 Å². The summed E-state index contributed by atoms with van der Waals surface area (Å²) in [5.41, 5.74) is 2.03. The van der Waals surface area contributed by atoms with Crippen LogP contribution < -0.4 is 5.32 Å². The van der Waals surface area contributed by atoms with Gasteiger partial charge >= 0.3 is 5.97 Å². The standard InChI is InChI=1S/C15H21NO3/c1-3-4-5-12-6-8-13(9-7-12)16-14(17)10-11-15(18)19-2/h6-9H,3-5,10-11H2,1-2H3,(H,16,17). The molecule has 0 aromatic heterocycles. The smallest absolute Gasteiger partial charge is 0.306 e. The molecule has 0 saturated carbocycles. The maximum atomic E-state index is 11.6. The minimum atomic E-state index is -0.370. The summed E-state index contributed by atoms with van der Waals surface area (Å²) in [7, 11) is 1.31. The summed E-state index contributed by atoms with van der Waals surface area (Å²) in [6.07, 6.45) is 3.66. The third kappa shape index (κ3) is 6.04. The predicted molar refractivity (Wildman–Crippen MR) is 74.9 cm³/mol. The van der Waals surface area contributed by atoms with Gasteiger partial charge in [0, 0.05) is 12.1 Å². The van der Waals surface area contributed by atoms with Crippen LogP contribution in [-0.2, 0) is 20.7 Å². The lowest BCUT2D eigenvalue weighted by atomic mass is 10.1. The number of aryl methyl sites for hydroxylation is 1. The molecule has 104 valence electrons. The minimum absolute atomic E-state index is 0.108. The number of methoxy groups -OCH3 is 1. The van der Waals surface area contributed by atoms with E-state index >= 15 is 0 Å². The van der Waals surface area contributed by atoms with Gasteiger partial charge in [-0.25, -0.2) is 0 Å². The summed E-state index contributed by atoms with van der Waals surface area (Å²) >= 11 is 0. The second-order valence-corrected chi connectivity index (χ2v) is 4.42. The van der Waals surface area contributed by atoms with Gasteiger partial charge < -0.3 is 10.1 Å². The molecule has 1 amide bonds. The number of anilines is 1. The van der Waals surface area contributed by atoms with Crippen LogP contribution in [0.5, 0.6) is 0 Å². The van der Waals surface area contributed by atoms with Crippen LogP contribution in [0.3, 0.4) is 0 Å². The number of benzene rings is 1. The van der Waals surface area contributed by atoms with Gasteiger partial charge in [0.2, 0.25) is 5.91 Å². The third-order valence-electron chi connectivity index (χ3n) is 2.84.